The fourth-order valence-electron chi connectivity index (χ4n) is 1.47. The molecule has 4 heteroatoms. The van der Waals surface area contributed by atoms with Gasteiger partial charge in [0.2, 0.25) is 5.91 Å². The molecule has 1 aliphatic rings. The Balaban J connectivity index is 2.42. The summed E-state index contributed by atoms with van der Waals surface area (Å²) in [6.07, 6.45) is 1.66. The van der Waals surface area contributed by atoms with Gasteiger partial charge < -0.3 is 9.64 Å². The van der Waals surface area contributed by atoms with Crippen LogP contribution in [-0.4, -0.2) is 42.4 Å². The number of carbonyl (C=O) groups excluding carboxylic acids is 1. The van der Waals surface area contributed by atoms with Crippen LogP contribution in [0.25, 0.3) is 0 Å². The topological polar surface area (TPSA) is 29.5 Å². The molecular weight excluding hydrogens is 186 g/mol. The minimum absolute atomic E-state index is 0.173. The minimum atomic E-state index is 0.173. The Morgan fingerprint density at radius 3 is 3.15 bits per heavy atom. The maximum Gasteiger partial charge on any atom is 0.223 e. The number of thiol groups is 1. The van der Waals surface area contributed by atoms with E-state index in [9.17, 15) is 4.79 Å². The predicted molar refractivity (Wildman–Crippen MR) is 55.1 cm³/mol. The molecule has 1 aliphatic heterocycles. The second-order valence-corrected chi connectivity index (χ2v) is 3.80. The van der Waals surface area contributed by atoms with Crippen molar-refractivity contribution in [3.8, 4) is 0 Å². The molecule has 13 heavy (non-hydrogen) atoms. The average molecular weight is 203 g/mol. The molecule has 1 atom stereocenters. The molecule has 3 nitrogen and oxygen atoms in total. The molecule has 0 bridgehead atoms. The summed E-state index contributed by atoms with van der Waals surface area (Å²) in [4.78, 5) is 13.4. The zero-order chi connectivity index (χ0) is 9.68. The molecule has 0 N–H and O–H groups in total. The van der Waals surface area contributed by atoms with E-state index in [4.69, 9.17) is 4.74 Å². The van der Waals surface area contributed by atoms with Crippen molar-refractivity contribution in [2.24, 2.45) is 0 Å². The van der Waals surface area contributed by atoms with Gasteiger partial charge in [0.05, 0.1) is 6.10 Å². The van der Waals surface area contributed by atoms with Crippen LogP contribution in [0.1, 0.15) is 19.8 Å². The molecule has 1 amide bonds. The maximum atomic E-state index is 11.5. The van der Waals surface area contributed by atoms with Gasteiger partial charge in [-0.1, -0.05) is 0 Å². The lowest BCUT2D eigenvalue weighted by atomic mass is 10.3. The predicted octanol–water partition coefficient (Wildman–Crippen LogP) is 0.944. The molecule has 0 aromatic carbocycles. The van der Waals surface area contributed by atoms with Gasteiger partial charge in [0, 0.05) is 26.1 Å². The third kappa shape index (κ3) is 3.56. The second-order valence-electron chi connectivity index (χ2n) is 3.35. The monoisotopic (exact) mass is 203 g/mol. The van der Waals surface area contributed by atoms with Gasteiger partial charge in [-0.2, -0.15) is 12.6 Å². The van der Waals surface area contributed by atoms with Crippen molar-refractivity contribution in [3.63, 3.8) is 0 Å². The third-order valence-corrected chi connectivity index (χ3v) is 2.35. The Hall–Kier alpha value is -0.220. The van der Waals surface area contributed by atoms with Crippen molar-refractivity contribution in [3.05, 3.63) is 0 Å². The Labute approximate surface area is 84.8 Å². The molecule has 1 fully saturated rings. The molecule has 0 aliphatic carbocycles. The number of carbonyl (C=O) groups is 1. The minimum Gasteiger partial charge on any atom is -0.377 e. The van der Waals surface area contributed by atoms with E-state index in [1.165, 1.54) is 0 Å². The Morgan fingerprint density at radius 1 is 1.69 bits per heavy atom. The lowest BCUT2D eigenvalue weighted by Gasteiger charge is -2.21. The van der Waals surface area contributed by atoms with Crippen molar-refractivity contribution < 1.29 is 9.53 Å². The van der Waals surface area contributed by atoms with Gasteiger partial charge in [-0.25, -0.2) is 0 Å². The van der Waals surface area contributed by atoms with Gasteiger partial charge in [-0.05, 0) is 19.1 Å². The van der Waals surface area contributed by atoms with Gasteiger partial charge in [-0.3, -0.25) is 4.79 Å². The number of rotatable bonds is 2. The van der Waals surface area contributed by atoms with E-state index in [1.807, 2.05) is 11.8 Å². The largest absolute Gasteiger partial charge is 0.377 e. The second kappa shape index (κ2) is 5.50. The number of hydrogen-bond donors (Lipinski definition) is 1. The van der Waals surface area contributed by atoms with Gasteiger partial charge in [0.25, 0.3) is 0 Å². The maximum absolute atomic E-state index is 11.5. The van der Waals surface area contributed by atoms with E-state index in [1.54, 1.807) is 0 Å². The van der Waals surface area contributed by atoms with Gasteiger partial charge in [-0.15, -0.1) is 0 Å². The fraction of sp³-hybridized carbons (Fsp3) is 0.889. The Kier molecular flexibility index (Phi) is 4.59. The summed E-state index contributed by atoms with van der Waals surface area (Å²) >= 11 is 4.05. The van der Waals surface area contributed by atoms with Crippen LogP contribution in [0.5, 0.6) is 0 Å². The summed E-state index contributed by atoms with van der Waals surface area (Å²) in [5, 5.41) is 0. The third-order valence-electron chi connectivity index (χ3n) is 2.13. The van der Waals surface area contributed by atoms with Crippen LogP contribution >= 0.6 is 12.6 Å². The van der Waals surface area contributed by atoms with Gasteiger partial charge >= 0.3 is 0 Å². The smallest absolute Gasteiger partial charge is 0.223 e. The van der Waals surface area contributed by atoms with E-state index in [-0.39, 0.29) is 12.0 Å². The first-order valence-corrected chi connectivity index (χ1v) is 5.37. The summed E-state index contributed by atoms with van der Waals surface area (Å²) in [6.45, 7) is 4.33. The molecule has 0 saturated carbocycles. The van der Waals surface area contributed by atoms with Crippen LogP contribution in [0, 0.1) is 0 Å². The first-order valence-electron chi connectivity index (χ1n) is 4.74. The van der Waals surface area contributed by atoms with E-state index in [0.717, 1.165) is 26.1 Å². The molecule has 0 aromatic rings. The number of amides is 1. The van der Waals surface area contributed by atoms with Crippen LogP contribution in [0.3, 0.4) is 0 Å². The van der Waals surface area contributed by atoms with Crippen LogP contribution in [0.15, 0.2) is 0 Å². The highest BCUT2D eigenvalue weighted by Crippen LogP contribution is 2.07. The summed E-state index contributed by atoms with van der Waals surface area (Å²) in [5.74, 6) is 0.831. The number of hydrogen-bond acceptors (Lipinski definition) is 3. The zero-order valence-electron chi connectivity index (χ0n) is 8.03. The first kappa shape index (κ1) is 10.9. The Morgan fingerprint density at radius 2 is 2.46 bits per heavy atom. The molecule has 0 spiro atoms. The van der Waals surface area contributed by atoms with Crippen LogP contribution in [-0.2, 0) is 9.53 Å². The van der Waals surface area contributed by atoms with Crippen LogP contribution in [0.4, 0.5) is 0 Å². The Bertz CT molecular complexity index is 175. The van der Waals surface area contributed by atoms with E-state index >= 15 is 0 Å². The molecule has 1 heterocycles. The highest BCUT2D eigenvalue weighted by molar-refractivity contribution is 7.80. The molecule has 0 aromatic heterocycles. The normalized spacial score (nSPS) is 24.2. The summed E-state index contributed by atoms with van der Waals surface area (Å²) in [7, 11) is 0. The van der Waals surface area contributed by atoms with Crippen molar-refractivity contribution in [1.29, 1.82) is 0 Å². The highest BCUT2D eigenvalue weighted by atomic mass is 32.1. The molecule has 1 unspecified atom stereocenters. The average Bonchev–Trinajstić information content (AvgIpc) is 2.30. The van der Waals surface area contributed by atoms with Gasteiger partial charge in [0.15, 0.2) is 0 Å². The highest BCUT2D eigenvalue weighted by Gasteiger charge is 2.18. The number of nitrogens with zero attached hydrogens (tertiary/aromatic N) is 1. The van der Waals surface area contributed by atoms with Crippen LogP contribution in [0.2, 0.25) is 0 Å². The van der Waals surface area contributed by atoms with Crippen molar-refractivity contribution in [1.82, 2.24) is 4.90 Å². The molecular formula is C9H17NO2S. The van der Waals surface area contributed by atoms with E-state index < -0.39 is 0 Å². The van der Waals surface area contributed by atoms with Gasteiger partial charge in [0.1, 0.15) is 0 Å². The SMILES string of the molecule is CC1CN(C(=O)CCS)CCCO1. The molecule has 1 saturated heterocycles. The summed E-state index contributed by atoms with van der Waals surface area (Å²) in [6, 6.07) is 0. The van der Waals surface area contributed by atoms with Crippen molar-refractivity contribution in [2.45, 2.75) is 25.9 Å². The quantitative estimate of drug-likeness (QED) is 0.677. The van der Waals surface area contributed by atoms with Crippen molar-refractivity contribution in [2.75, 3.05) is 25.4 Å². The summed E-state index contributed by atoms with van der Waals surface area (Å²) in [5.41, 5.74) is 0. The van der Waals surface area contributed by atoms with E-state index in [2.05, 4.69) is 12.6 Å². The standard InChI is InChI=1S/C9H17NO2S/c1-8-7-10(4-2-5-12-8)9(11)3-6-13/h8,13H,2-7H2,1H3. The van der Waals surface area contributed by atoms with Crippen molar-refractivity contribution >= 4 is 18.5 Å². The summed E-state index contributed by atoms with van der Waals surface area (Å²) < 4.78 is 5.45. The lowest BCUT2D eigenvalue weighted by molar-refractivity contribution is -0.131. The fourth-order valence-corrected chi connectivity index (χ4v) is 1.67. The lowest BCUT2D eigenvalue weighted by Crippen LogP contribution is -2.35. The molecule has 1 rings (SSSR count). The first-order chi connectivity index (χ1) is 6.24. The molecule has 76 valence electrons. The number of ether oxygens (including phenoxy) is 1. The zero-order valence-corrected chi connectivity index (χ0v) is 8.93. The van der Waals surface area contributed by atoms with Crippen LogP contribution < -0.4 is 0 Å². The van der Waals surface area contributed by atoms with E-state index in [0.29, 0.717) is 12.2 Å². The molecule has 0 radical (unpaired) electrons.